The number of aliphatic hydroxyl groups is 1. The topological polar surface area (TPSA) is 54.2 Å². The summed E-state index contributed by atoms with van der Waals surface area (Å²) in [5, 5.41) is 13.6. The second-order valence-electron chi connectivity index (χ2n) is 5.70. The first-order valence-electron chi connectivity index (χ1n) is 7.45. The molecule has 1 aliphatic rings. The lowest BCUT2D eigenvalue weighted by atomic mass is 9.94. The van der Waals surface area contributed by atoms with Crippen molar-refractivity contribution in [2.45, 2.75) is 64.6 Å². The maximum Gasteiger partial charge on any atom is 0.141 e. The lowest BCUT2D eigenvalue weighted by molar-refractivity contribution is 0.112. The minimum absolute atomic E-state index is 0.215. The number of hydrogen-bond donors (Lipinski definition) is 1. The molecule has 0 unspecified atom stereocenters. The summed E-state index contributed by atoms with van der Waals surface area (Å²) >= 11 is 0. The van der Waals surface area contributed by atoms with Crippen LogP contribution in [0.1, 0.15) is 57.8 Å². The molecule has 108 valence electrons. The average Bonchev–Trinajstić information content (AvgIpc) is 2.88. The van der Waals surface area contributed by atoms with Crippen molar-refractivity contribution in [2.24, 2.45) is 0 Å². The second-order valence-corrected chi connectivity index (χ2v) is 5.70. The van der Waals surface area contributed by atoms with E-state index in [1.807, 2.05) is 4.68 Å². The van der Waals surface area contributed by atoms with Crippen LogP contribution in [0, 0.1) is 0 Å². The van der Waals surface area contributed by atoms with Crippen molar-refractivity contribution in [2.75, 3.05) is 13.2 Å². The molecular weight excluding hydrogens is 240 g/mol. The van der Waals surface area contributed by atoms with E-state index in [1.54, 1.807) is 6.33 Å². The van der Waals surface area contributed by atoms with Crippen LogP contribution >= 0.6 is 0 Å². The van der Waals surface area contributed by atoms with Gasteiger partial charge in [0.05, 0.1) is 13.2 Å². The van der Waals surface area contributed by atoms with Crippen LogP contribution in [0.3, 0.4) is 0 Å². The zero-order chi connectivity index (χ0) is 13.7. The Hall–Kier alpha value is -0.940. The van der Waals surface area contributed by atoms with Gasteiger partial charge in [0.1, 0.15) is 12.2 Å². The van der Waals surface area contributed by atoms with Gasteiger partial charge in [-0.3, -0.25) is 4.90 Å². The van der Waals surface area contributed by atoms with Gasteiger partial charge >= 0.3 is 0 Å². The Kier molecular flexibility index (Phi) is 5.34. The highest BCUT2D eigenvalue weighted by atomic mass is 16.3. The summed E-state index contributed by atoms with van der Waals surface area (Å²) in [6.07, 6.45) is 8.09. The van der Waals surface area contributed by atoms with Crippen molar-refractivity contribution >= 4 is 0 Å². The van der Waals surface area contributed by atoms with Gasteiger partial charge in [0.2, 0.25) is 0 Å². The first-order chi connectivity index (χ1) is 9.22. The van der Waals surface area contributed by atoms with Crippen LogP contribution in [0.2, 0.25) is 0 Å². The molecule has 1 aliphatic carbocycles. The summed E-state index contributed by atoms with van der Waals surface area (Å²) in [6.45, 7) is 5.98. The van der Waals surface area contributed by atoms with Gasteiger partial charge in [-0.1, -0.05) is 19.3 Å². The van der Waals surface area contributed by atoms with Crippen LogP contribution < -0.4 is 0 Å². The van der Waals surface area contributed by atoms with E-state index >= 15 is 0 Å². The maximum atomic E-state index is 9.29. The Labute approximate surface area is 115 Å². The number of aromatic nitrogens is 3. The minimum atomic E-state index is 0.215. The maximum absolute atomic E-state index is 9.29. The SMILES string of the molecule is CC(C)n1ncnc1CN(CCO)C1CCCCC1. The van der Waals surface area contributed by atoms with Gasteiger partial charge < -0.3 is 5.11 Å². The zero-order valence-corrected chi connectivity index (χ0v) is 12.1. The molecule has 0 saturated heterocycles. The molecule has 19 heavy (non-hydrogen) atoms. The monoisotopic (exact) mass is 266 g/mol. The van der Waals surface area contributed by atoms with Gasteiger partial charge in [-0.2, -0.15) is 5.10 Å². The number of aliphatic hydroxyl groups excluding tert-OH is 1. The molecule has 0 atom stereocenters. The van der Waals surface area contributed by atoms with Gasteiger partial charge in [-0.15, -0.1) is 0 Å². The molecule has 0 bridgehead atoms. The predicted octanol–water partition coefficient (Wildman–Crippen LogP) is 1.99. The summed E-state index contributed by atoms with van der Waals surface area (Å²) in [6, 6.07) is 0.929. The summed E-state index contributed by atoms with van der Waals surface area (Å²) in [5.41, 5.74) is 0. The molecule has 0 spiro atoms. The van der Waals surface area contributed by atoms with E-state index in [0.29, 0.717) is 12.1 Å². The van der Waals surface area contributed by atoms with Crippen LogP contribution in [0.5, 0.6) is 0 Å². The molecule has 5 heteroatoms. The lowest BCUT2D eigenvalue weighted by Gasteiger charge is -2.33. The van der Waals surface area contributed by atoms with Crippen LogP contribution in [0.15, 0.2) is 6.33 Å². The van der Waals surface area contributed by atoms with E-state index in [0.717, 1.165) is 18.9 Å². The Morgan fingerprint density at radius 2 is 2.11 bits per heavy atom. The summed E-state index contributed by atoms with van der Waals surface area (Å²) < 4.78 is 1.98. The molecule has 0 amide bonds. The standard InChI is InChI=1S/C14H26N4O/c1-12(2)18-14(15-11-16-18)10-17(8-9-19)13-6-4-3-5-7-13/h11-13,19H,3-10H2,1-2H3. The minimum Gasteiger partial charge on any atom is -0.395 e. The van der Waals surface area contributed by atoms with E-state index in [-0.39, 0.29) is 6.61 Å². The first-order valence-corrected chi connectivity index (χ1v) is 7.45. The Morgan fingerprint density at radius 1 is 1.37 bits per heavy atom. The predicted molar refractivity (Wildman–Crippen MR) is 74.8 cm³/mol. The van der Waals surface area contributed by atoms with Crippen LogP contribution in [-0.4, -0.2) is 44.0 Å². The molecule has 1 aromatic rings. The van der Waals surface area contributed by atoms with Gasteiger partial charge in [0, 0.05) is 18.6 Å². The quantitative estimate of drug-likeness (QED) is 0.855. The first kappa shape index (κ1) is 14.5. The second kappa shape index (κ2) is 7.01. The van der Waals surface area contributed by atoms with Gasteiger partial charge in [-0.05, 0) is 26.7 Å². The van der Waals surface area contributed by atoms with Crippen LogP contribution in [0.25, 0.3) is 0 Å². The molecular formula is C14H26N4O. The molecule has 0 aromatic carbocycles. The van der Waals surface area contributed by atoms with Crippen molar-refractivity contribution in [3.63, 3.8) is 0 Å². The molecule has 0 radical (unpaired) electrons. The van der Waals surface area contributed by atoms with E-state index in [2.05, 4.69) is 28.8 Å². The van der Waals surface area contributed by atoms with Crippen molar-refractivity contribution < 1.29 is 5.11 Å². The van der Waals surface area contributed by atoms with Crippen molar-refractivity contribution in [1.29, 1.82) is 0 Å². The smallest absolute Gasteiger partial charge is 0.141 e. The molecule has 1 heterocycles. The molecule has 1 N–H and O–H groups in total. The van der Waals surface area contributed by atoms with Crippen LogP contribution in [-0.2, 0) is 6.54 Å². The normalized spacial score (nSPS) is 17.5. The van der Waals surface area contributed by atoms with Crippen LogP contribution in [0.4, 0.5) is 0 Å². The fourth-order valence-corrected chi connectivity index (χ4v) is 2.97. The Balaban J connectivity index is 2.04. The van der Waals surface area contributed by atoms with E-state index in [9.17, 15) is 5.11 Å². The van der Waals surface area contributed by atoms with Gasteiger partial charge in [0.25, 0.3) is 0 Å². The Bertz CT molecular complexity index is 371. The molecule has 2 rings (SSSR count). The van der Waals surface area contributed by atoms with Gasteiger partial charge in [-0.25, -0.2) is 9.67 Å². The fourth-order valence-electron chi connectivity index (χ4n) is 2.97. The lowest BCUT2D eigenvalue weighted by Crippen LogP contribution is -2.39. The molecule has 0 aliphatic heterocycles. The third kappa shape index (κ3) is 3.76. The van der Waals surface area contributed by atoms with E-state index in [1.165, 1.54) is 32.1 Å². The highest BCUT2D eigenvalue weighted by Crippen LogP contribution is 2.23. The molecule has 1 fully saturated rings. The van der Waals surface area contributed by atoms with E-state index < -0.39 is 0 Å². The van der Waals surface area contributed by atoms with E-state index in [4.69, 9.17) is 0 Å². The molecule has 1 aromatic heterocycles. The third-order valence-corrected chi connectivity index (χ3v) is 3.96. The Morgan fingerprint density at radius 3 is 2.74 bits per heavy atom. The molecule has 5 nitrogen and oxygen atoms in total. The zero-order valence-electron chi connectivity index (χ0n) is 12.1. The van der Waals surface area contributed by atoms with Crippen molar-refractivity contribution in [3.05, 3.63) is 12.2 Å². The fraction of sp³-hybridized carbons (Fsp3) is 0.857. The largest absolute Gasteiger partial charge is 0.395 e. The molecule has 1 saturated carbocycles. The average molecular weight is 266 g/mol. The highest BCUT2D eigenvalue weighted by Gasteiger charge is 2.22. The number of nitrogens with zero attached hydrogens (tertiary/aromatic N) is 4. The van der Waals surface area contributed by atoms with Crippen molar-refractivity contribution in [3.8, 4) is 0 Å². The number of rotatable bonds is 6. The summed E-state index contributed by atoms with van der Waals surface area (Å²) in [4.78, 5) is 6.76. The third-order valence-electron chi connectivity index (χ3n) is 3.96. The van der Waals surface area contributed by atoms with Gasteiger partial charge in [0.15, 0.2) is 0 Å². The summed E-state index contributed by atoms with van der Waals surface area (Å²) in [7, 11) is 0. The number of hydrogen-bond acceptors (Lipinski definition) is 4. The highest BCUT2D eigenvalue weighted by molar-refractivity contribution is 4.89. The summed E-state index contributed by atoms with van der Waals surface area (Å²) in [5.74, 6) is 1.01. The van der Waals surface area contributed by atoms with Crippen molar-refractivity contribution in [1.82, 2.24) is 19.7 Å².